The van der Waals surface area contributed by atoms with Crippen molar-refractivity contribution in [3.05, 3.63) is 0 Å². The van der Waals surface area contributed by atoms with Crippen molar-refractivity contribution in [1.29, 1.82) is 0 Å². The van der Waals surface area contributed by atoms with Gasteiger partial charge in [0.05, 0.1) is 0 Å². The lowest BCUT2D eigenvalue weighted by atomic mass is 9.67. The maximum absolute atomic E-state index is 6.01. The van der Waals surface area contributed by atoms with Gasteiger partial charge in [0.2, 0.25) is 0 Å². The molecule has 1 rings (SSSR count). The molecule has 0 unspecified atom stereocenters. The number of hydrogen-bond donors (Lipinski definition) is 1. The SMILES string of the molecule is CCC1CCC(CN)(CCC(C)C)CC1. The molecular weight excluding hydrogens is 182 g/mol. The van der Waals surface area contributed by atoms with Crippen LogP contribution >= 0.6 is 0 Å². The average molecular weight is 211 g/mol. The zero-order valence-corrected chi connectivity index (χ0v) is 10.9. The molecule has 2 N–H and O–H groups in total. The third kappa shape index (κ3) is 3.79. The molecule has 0 aromatic heterocycles. The van der Waals surface area contributed by atoms with Crippen LogP contribution < -0.4 is 5.73 Å². The predicted octanol–water partition coefficient (Wildman–Crippen LogP) is 3.97. The van der Waals surface area contributed by atoms with E-state index in [1.165, 1.54) is 44.9 Å². The summed E-state index contributed by atoms with van der Waals surface area (Å²) in [4.78, 5) is 0. The molecular formula is C14H29N. The molecule has 1 fully saturated rings. The van der Waals surface area contributed by atoms with E-state index in [0.29, 0.717) is 5.41 Å². The standard InChI is InChI=1S/C14H29N/c1-4-13-6-9-14(11-15,10-7-13)8-5-12(2)3/h12-13H,4-11,15H2,1-3H3. The van der Waals surface area contributed by atoms with E-state index in [2.05, 4.69) is 20.8 Å². The summed E-state index contributed by atoms with van der Waals surface area (Å²) in [6.45, 7) is 7.88. The Morgan fingerprint density at radius 2 is 1.87 bits per heavy atom. The molecule has 1 heteroatoms. The smallest absolute Gasteiger partial charge is 0.00205 e. The molecule has 0 saturated heterocycles. The fourth-order valence-electron chi connectivity index (χ4n) is 2.85. The van der Waals surface area contributed by atoms with Crippen molar-refractivity contribution in [2.24, 2.45) is 23.0 Å². The topological polar surface area (TPSA) is 26.0 Å². The second-order valence-corrected chi connectivity index (χ2v) is 5.99. The molecule has 0 aliphatic heterocycles. The zero-order valence-electron chi connectivity index (χ0n) is 10.9. The maximum atomic E-state index is 6.01. The van der Waals surface area contributed by atoms with Crippen molar-refractivity contribution >= 4 is 0 Å². The second-order valence-electron chi connectivity index (χ2n) is 5.99. The summed E-state index contributed by atoms with van der Waals surface area (Å²) in [5, 5.41) is 0. The molecule has 0 heterocycles. The lowest BCUT2D eigenvalue weighted by Crippen LogP contribution is -2.35. The molecule has 1 saturated carbocycles. The summed E-state index contributed by atoms with van der Waals surface area (Å²) in [6, 6.07) is 0. The van der Waals surface area contributed by atoms with Gasteiger partial charge in [-0.2, -0.15) is 0 Å². The molecule has 0 radical (unpaired) electrons. The van der Waals surface area contributed by atoms with Gasteiger partial charge in [0.15, 0.2) is 0 Å². The van der Waals surface area contributed by atoms with E-state index in [1.807, 2.05) is 0 Å². The van der Waals surface area contributed by atoms with Crippen molar-refractivity contribution in [2.75, 3.05) is 6.54 Å². The van der Waals surface area contributed by atoms with Crippen LogP contribution in [-0.2, 0) is 0 Å². The Labute approximate surface area is 95.8 Å². The van der Waals surface area contributed by atoms with E-state index in [1.54, 1.807) is 0 Å². The third-order valence-corrected chi connectivity index (χ3v) is 4.43. The normalized spacial score (nSPS) is 32.2. The quantitative estimate of drug-likeness (QED) is 0.731. The van der Waals surface area contributed by atoms with Gasteiger partial charge in [0, 0.05) is 0 Å². The molecule has 1 nitrogen and oxygen atoms in total. The van der Waals surface area contributed by atoms with Crippen LogP contribution in [0.25, 0.3) is 0 Å². The van der Waals surface area contributed by atoms with E-state index in [4.69, 9.17) is 5.73 Å². The van der Waals surface area contributed by atoms with Gasteiger partial charge < -0.3 is 5.73 Å². The van der Waals surface area contributed by atoms with Crippen LogP contribution in [-0.4, -0.2) is 6.54 Å². The lowest BCUT2D eigenvalue weighted by molar-refractivity contribution is 0.134. The summed E-state index contributed by atoms with van der Waals surface area (Å²) in [5.74, 6) is 1.82. The first-order valence-electron chi connectivity index (χ1n) is 6.82. The van der Waals surface area contributed by atoms with Gasteiger partial charge in [-0.25, -0.2) is 0 Å². The van der Waals surface area contributed by atoms with Crippen molar-refractivity contribution in [2.45, 2.75) is 65.7 Å². The fraction of sp³-hybridized carbons (Fsp3) is 1.00. The Bertz CT molecular complexity index is 166. The van der Waals surface area contributed by atoms with Gasteiger partial charge in [-0.3, -0.25) is 0 Å². The van der Waals surface area contributed by atoms with E-state index >= 15 is 0 Å². The third-order valence-electron chi connectivity index (χ3n) is 4.43. The van der Waals surface area contributed by atoms with E-state index < -0.39 is 0 Å². The first-order valence-corrected chi connectivity index (χ1v) is 6.82. The van der Waals surface area contributed by atoms with Crippen molar-refractivity contribution < 1.29 is 0 Å². The molecule has 0 spiro atoms. The van der Waals surface area contributed by atoms with Gasteiger partial charge >= 0.3 is 0 Å². The number of nitrogens with two attached hydrogens (primary N) is 1. The highest BCUT2D eigenvalue weighted by atomic mass is 14.6. The van der Waals surface area contributed by atoms with Gasteiger partial charge in [0.1, 0.15) is 0 Å². The molecule has 0 aromatic carbocycles. The van der Waals surface area contributed by atoms with Gasteiger partial charge in [0.25, 0.3) is 0 Å². The van der Waals surface area contributed by atoms with E-state index in [0.717, 1.165) is 18.4 Å². The Hall–Kier alpha value is -0.0400. The van der Waals surface area contributed by atoms with Crippen molar-refractivity contribution in [1.82, 2.24) is 0 Å². The van der Waals surface area contributed by atoms with Crippen LogP contribution in [0, 0.1) is 17.3 Å². The van der Waals surface area contributed by atoms with Gasteiger partial charge in [-0.1, -0.05) is 33.6 Å². The van der Waals surface area contributed by atoms with Crippen molar-refractivity contribution in [3.8, 4) is 0 Å². The summed E-state index contributed by atoms with van der Waals surface area (Å²) >= 11 is 0. The fourth-order valence-corrected chi connectivity index (χ4v) is 2.85. The summed E-state index contributed by atoms with van der Waals surface area (Å²) in [5.41, 5.74) is 6.52. The molecule has 1 aliphatic rings. The molecule has 90 valence electrons. The van der Waals surface area contributed by atoms with E-state index in [-0.39, 0.29) is 0 Å². The summed E-state index contributed by atoms with van der Waals surface area (Å²) in [6.07, 6.45) is 9.69. The monoisotopic (exact) mass is 211 g/mol. The highest BCUT2D eigenvalue weighted by Gasteiger charge is 2.33. The summed E-state index contributed by atoms with van der Waals surface area (Å²) < 4.78 is 0. The molecule has 0 bridgehead atoms. The second kappa shape index (κ2) is 5.89. The molecule has 15 heavy (non-hydrogen) atoms. The largest absolute Gasteiger partial charge is 0.330 e. The Morgan fingerprint density at radius 1 is 1.27 bits per heavy atom. The Balaban J connectivity index is 2.41. The predicted molar refractivity (Wildman–Crippen MR) is 67.8 cm³/mol. The zero-order chi connectivity index (χ0) is 11.3. The minimum absolute atomic E-state index is 0.510. The highest BCUT2D eigenvalue weighted by molar-refractivity contribution is 4.86. The lowest BCUT2D eigenvalue weighted by Gasteiger charge is -2.40. The van der Waals surface area contributed by atoms with Crippen LogP contribution in [0.5, 0.6) is 0 Å². The number of rotatable bonds is 5. The van der Waals surface area contributed by atoms with Gasteiger partial charge in [-0.05, 0) is 55.9 Å². The van der Waals surface area contributed by atoms with Crippen LogP contribution in [0.4, 0.5) is 0 Å². The minimum Gasteiger partial charge on any atom is -0.330 e. The molecule has 1 aliphatic carbocycles. The van der Waals surface area contributed by atoms with Crippen LogP contribution in [0.2, 0.25) is 0 Å². The Morgan fingerprint density at radius 3 is 2.27 bits per heavy atom. The molecule has 0 aromatic rings. The van der Waals surface area contributed by atoms with Crippen molar-refractivity contribution in [3.63, 3.8) is 0 Å². The minimum atomic E-state index is 0.510. The maximum Gasteiger partial charge on any atom is -0.00205 e. The van der Waals surface area contributed by atoms with Crippen LogP contribution in [0.3, 0.4) is 0 Å². The Kier molecular flexibility index (Phi) is 5.11. The molecule has 0 amide bonds. The summed E-state index contributed by atoms with van der Waals surface area (Å²) in [7, 11) is 0. The van der Waals surface area contributed by atoms with E-state index in [9.17, 15) is 0 Å². The average Bonchev–Trinajstić information content (AvgIpc) is 2.27. The van der Waals surface area contributed by atoms with Crippen LogP contribution in [0.1, 0.15) is 65.7 Å². The van der Waals surface area contributed by atoms with Gasteiger partial charge in [-0.15, -0.1) is 0 Å². The highest BCUT2D eigenvalue weighted by Crippen LogP contribution is 2.43. The van der Waals surface area contributed by atoms with Crippen LogP contribution in [0.15, 0.2) is 0 Å². The first kappa shape index (κ1) is 13.0. The number of hydrogen-bond acceptors (Lipinski definition) is 1. The first-order chi connectivity index (χ1) is 7.12. The molecule has 0 atom stereocenters.